The molecule has 0 aliphatic carbocycles. The third-order valence-electron chi connectivity index (χ3n) is 6.31. The molecule has 1 aliphatic heterocycles. The van der Waals surface area contributed by atoms with Crippen molar-refractivity contribution in [1.29, 1.82) is 0 Å². The van der Waals surface area contributed by atoms with Gasteiger partial charge in [0.1, 0.15) is 24.1 Å². The Bertz CT molecular complexity index is 1380. The molecule has 2 aromatic heterocycles. The van der Waals surface area contributed by atoms with E-state index in [4.69, 9.17) is 9.15 Å². The second-order valence-corrected chi connectivity index (χ2v) is 8.86. The minimum Gasteiger partial charge on any atom is -0.497 e. The van der Waals surface area contributed by atoms with E-state index in [0.29, 0.717) is 17.2 Å². The van der Waals surface area contributed by atoms with Crippen molar-refractivity contribution in [1.82, 2.24) is 9.47 Å². The van der Waals surface area contributed by atoms with Crippen molar-refractivity contribution in [2.24, 2.45) is 0 Å². The molecule has 8 nitrogen and oxygen atoms in total. The van der Waals surface area contributed by atoms with Crippen molar-refractivity contribution in [3.05, 3.63) is 96.7 Å². The maximum Gasteiger partial charge on any atom is 0.322 e. The van der Waals surface area contributed by atoms with Gasteiger partial charge in [-0.3, -0.25) is 9.69 Å². The fraction of sp³-hybridized carbons (Fsp3) is 0.214. The summed E-state index contributed by atoms with van der Waals surface area (Å²) in [6.07, 6.45) is 3.59. The third kappa shape index (κ3) is 4.22. The van der Waals surface area contributed by atoms with Crippen LogP contribution in [0.4, 0.5) is 16.2 Å². The van der Waals surface area contributed by atoms with Gasteiger partial charge in [0.25, 0.3) is 0 Å². The van der Waals surface area contributed by atoms with Crippen LogP contribution in [0.15, 0.2) is 89.7 Å². The lowest BCUT2D eigenvalue weighted by Crippen LogP contribution is -2.49. The molecule has 0 bridgehead atoms. The van der Waals surface area contributed by atoms with Crippen LogP contribution in [-0.4, -0.2) is 41.1 Å². The van der Waals surface area contributed by atoms with Crippen molar-refractivity contribution in [2.75, 3.05) is 23.9 Å². The molecule has 184 valence electrons. The van der Waals surface area contributed by atoms with E-state index in [-0.39, 0.29) is 24.5 Å². The highest BCUT2D eigenvalue weighted by molar-refractivity contribution is 6.01. The van der Waals surface area contributed by atoms with E-state index in [2.05, 4.69) is 9.88 Å². The lowest BCUT2D eigenvalue weighted by Gasteiger charge is -2.38. The number of furan rings is 1. The quantitative estimate of drug-likeness (QED) is 0.394. The van der Waals surface area contributed by atoms with E-state index < -0.39 is 6.04 Å². The van der Waals surface area contributed by atoms with Crippen LogP contribution in [0.25, 0.3) is 5.69 Å². The van der Waals surface area contributed by atoms with E-state index in [9.17, 15) is 9.59 Å². The highest BCUT2D eigenvalue weighted by atomic mass is 16.5. The highest BCUT2D eigenvalue weighted by Gasteiger charge is 2.38. The maximum absolute atomic E-state index is 14.0. The van der Waals surface area contributed by atoms with Gasteiger partial charge in [-0.25, -0.2) is 4.79 Å². The number of amides is 3. The summed E-state index contributed by atoms with van der Waals surface area (Å²) in [6, 6.07) is 21.4. The molecule has 0 fully saturated rings. The highest BCUT2D eigenvalue weighted by Crippen LogP contribution is 2.42. The van der Waals surface area contributed by atoms with Crippen LogP contribution in [0.5, 0.6) is 5.75 Å². The molecule has 1 atom stereocenters. The Kier molecular flexibility index (Phi) is 6.25. The third-order valence-corrected chi connectivity index (χ3v) is 6.31. The fourth-order valence-corrected chi connectivity index (χ4v) is 4.58. The second-order valence-electron chi connectivity index (χ2n) is 8.86. The van der Waals surface area contributed by atoms with Gasteiger partial charge < -0.3 is 23.9 Å². The van der Waals surface area contributed by atoms with Crippen LogP contribution in [0.3, 0.4) is 0 Å². The van der Waals surface area contributed by atoms with E-state index >= 15 is 0 Å². The van der Waals surface area contributed by atoms with Crippen molar-refractivity contribution in [3.8, 4) is 11.4 Å². The lowest BCUT2D eigenvalue weighted by molar-refractivity contribution is -0.120. The summed E-state index contributed by atoms with van der Waals surface area (Å²) in [5, 5.41) is 2.89. The van der Waals surface area contributed by atoms with Crippen molar-refractivity contribution in [3.63, 3.8) is 0 Å². The number of hydrogen-bond acceptors (Lipinski definition) is 4. The number of ether oxygens (including phenoxy) is 1. The van der Waals surface area contributed by atoms with E-state index in [1.54, 1.807) is 42.5 Å². The van der Waals surface area contributed by atoms with Gasteiger partial charge in [-0.05, 0) is 62.4 Å². The number of anilines is 2. The zero-order chi connectivity index (χ0) is 25.2. The normalized spacial score (nSPS) is 14.2. The predicted molar refractivity (Wildman–Crippen MR) is 138 cm³/mol. The fourth-order valence-electron chi connectivity index (χ4n) is 4.58. The summed E-state index contributed by atoms with van der Waals surface area (Å²) in [5.74, 6) is 1.06. The molecule has 36 heavy (non-hydrogen) atoms. The molecule has 8 heteroatoms. The Labute approximate surface area is 209 Å². The average Bonchev–Trinajstić information content (AvgIpc) is 3.59. The first kappa shape index (κ1) is 23.3. The van der Waals surface area contributed by atoms with Crippen LogP contribution in [0, 0.1) is 0 Å². The van der Waals surface area contributed by atoms with Gasteiger partial charge in [0.15, 0.2) is 0 Å². The van der Waals surface area contributed by atoms with Crippen molar-refractivity contribution in [2.45, 2.75) is 25.9 Å². The van der Waals surface area contributed by atoms with Crippen LogP contribution in [-0.2, 0) is 4.79 Å². The molecule has 3 amide bonds. The number of hydrogen-bond donors (Lipinski definition) is 1. The number of rotatable bonds is 6. The van der Waals surface area contributed by atoms with E-state index in [0.717, 1.165) is 17.1 Å². The molecule has 0 spiro atoms. The van der Waals surface area contributed by atoms with Gasteiger partial charge in [-0.15, -0.1) is 0 Å². The van der Waals surface area contributed by atoms with Crippen LogP contribution in [0.2, 0.25) is 0 Å². The smallest absolute Gasteiger partial charge is 0.322 e. The molecule has 4 aromatic rings. The topological polar surface area (TPSA) is 80.0 Å². The zero-order valence-corrected chi connectivity index (χ0v) is 20.4. The number of carbonyl (C=O) groups is 2. The first-order valence-electron chi connectivity index (χ1n) is 11.8. The molecular weight excluding hydrogens is 456 g/mol. The largest absolute Gasteiger partial charge is 0.497 e. The monoisotopic (exact) mass is 484 g/mol. The number of nitrogens with one attached hydrogen (secondary N) is 1. The van der Waals surface area contributed by atoms with Crippen LogP contribution >= 0.6 is 0 Å². The Morgan fingerprint density at radius 1 is 1.03 bits per heavy atom. The van der Waals surface area contributed by atoms with Gasteiger partial charge in [0.2, 0.25) is 5.91 Å². The lowest BCUT2D eigenvalue weighted by atomic mass is 10.0. The molecule has 5 rings (SSSR count). The zero-order valence-electron chi connectivity index (χ0n) is 20.4. The Morgan fingerprint density at radius 3 is 2.56 bits per heavy atom. The molecule has 0 radical (unpaired) electrons. The second kappa shape index (κ2) is 9.65. The number of carbonyl (C=O) groups excluding carboxylic acids is 2. The number of para-hydroxylation sites is 2. The first-order chi connectivity index (χ1) is 17.5. The molecule has 1 unspecified atom stereocenters. The van der Waals surface area contributed by atoms with Gasteiger partial charge >= 0.3 is 6.03 Å². The summed E-state index contributed by atoms with van der Waals surface area (Å²) in [5.41, 5.74) is 3.15. The molecule has 0 saturated carbocycles. The number of urea groups is 1. The van der Waals surface area contributed by atoms with Gasteiger partial charge in [0, 0.05) is 24.0 Å². The summed E-state index contributed by atoms with van der Waals surface area (Å²) < 4.78 is 13.1. The SMILES string of the molecule is COc1cccc(NC(=O)N(CC(=O)N2c3ccccc3-n3cccc3C2c2ccco2)C(C)C)c1. The predicted octanol–water partition coefficient (Wildman–Crippen LogP) is 5.46. The maximum atomic E-state index is 14.0. The average molecular weight is 485 g/mol. The molecule has 3 heterocycles. The van der Waals surface area contributed by atoms with Gasteiger partial charge in [-0.1, -0.05) is 18.2 Å². The summed E-state index contributed by atoms with van der Waals surface area (Å²) in [7, 11) is 1.57. The summed E-state index contributed by atoms with van der Waals surface area (Å²) in [4.78, 5) is 30.5. The number of benzene rings is 2. The van der Waals surface area contributed by atoms with Gasteiger partial charge in [0.05, 0.1) is 30.4 Å². The van der Waals surface area contributed by atoms with E-state index in [1.165, 1.54) is 4.90 Å². The Hall–Kier alpha value is -4.46. The van der Waals surface area contributed by atoms with Crippen LogP contribution < -0.4 is 15.0 Å². The first-order valence-corrected chi connectivity index (χ1v) is 11.8. The number of aromatic nitrogens is 1. The van der Waals surface area contributed by atoms with Gasteiger partial charge in [-0.2, -0.15) is 0 Å². The van der Waals surface area contributed by atoms with Crippen molar-refractivity contribution < 1.29 is 18.7 Å². The molecule has 1 aliphatic rings. The number of nitrogens with zero attached hydrogens (tertiary/aromatic N) is 3. The summed E-state index contributed by atoms with van der Waals surface area (Å²) in [6.45, 7) is 3.66. The standard InChI is InChI=1S/C28H28N4O4/c1-19(2)31(28(34)29-20-9-6-10-21(17-20)35-3)18-26(33)32-23-12-5-4-11-22(23)30-15-7-13-24(30)27(32)25-14-8-16-36-25/h4-17,19,27H,18H2,1-3H3,(H,29,34). The van der Waals surface area contributed by atoms with E-state index in [1.807, 2.05) is 68.6 Å². The Balaban J connectivity index is 1.47. The minimum absolute atomic E-state index is 0.111. The summed E-state index contributed by atoms with van der Waals surface area (Å²) >= 11 is 0. The molecule has 2 aromatic carbocycles. The molecule has 1 N–H and O–H groups in total. The minimum atomic E-state index is -0.465. The van der Waals surface area contributed by atoms with Crippen molar-refractivity contribution >= 4 is 23.3 Å². The Morgan fingerprint density at radius 2 is 1.83 bits per heavy atom. The molecular formula is C28H28N4O4. The van der Waals surface area contributed by atoms with Crippen LogP contribution in [0.1, 0.15) is 31.3 Å². The number of fused-ring (bicyclic) bond motifs is 3. The molecule has 0 saturated heterocycles. The number of methoxy groups -OCH3 is 1.